The second kappa shape index (κ2) is 8.51. The molecule has 4 aromatic carbocycles. The van der Waals surface area contributed by atoms with Gasteiger partial charge in [0.05, 0.1) is 11.5 Å². The number of halogens is 1. The van der Waals surface area contributed by atoms with Gasteiger partial charge >= 0.3 is 0 Å². The van der Waals surface area contributed by atoms with Crippen LogP contribution in [-0.4, -0.2) is 14.2 Å². The first-order valence-corrected chi connectivity index (χ1v) is 12.9. The molecule has 0 atom stereocenters. The van der Waals surface area contributed by atoms with E-state index in [9.17, 15) is 12.8 Å². The molecule has 0 unspecified atom stereocenters. The highest BCUT2D eigenvalue weighted by Crippen LogP contribution is 2.36. The second-order valence-corrected chi connectivity index (χ2v) is 10.7. The SMILES string of the molecule is O=S(=O)(CC=Cc1ccc(F)cc1)Cc1cc2ccccc2c2ccc3c(c12)CCCC3. The molecule has 0 radical (unpaired) electrons. The highest BCUT2D eigenvalue weighted by molar-refractivity contribution is 7.90. The van der Waals surface area contributed by atoms with Crippen molar-refractivity contribution in [1.29, 1.82) is 0 Å². The van der Waals surface area contributed by atoms with Crippen molar-refractivity contribution in [2.24, 2.45) is 0 Å². The van der Waals surface area contributed by atoms with E-state index in [2.05, 4.69) is 30.3 Å². The van der Waals surface area contributed by atoms with E-state index >= 15 is 0 Å². The van der Waals surface area contributed by atoms with Crippen LogP contribution in [0.15, 0.2) is 72.8 Å². The van der Waals surface area contributed by atoms with Crippen molar-refractivity contribution in [3.8, 4) is 0 Å². The third-order valence-corrected chi connectivity index (χ3v) is 7.79. The molecule has 5 rings (SSSR count). The minimum atomic E-state index is -3.36. The summed E-state index contributed by atoms with van der Waals surface area (Å²) in [5.41, 5.74) is 4.36. The van der Waals surface area contributed by atoms with Gasteiger partial charge in [0.1, 0.15) is 5.82 Å². The molecule has 0 saturated carbocycles. The molecule has 32 heavy (non-hydrogen) atoms. The first kappa shape index (κ1) is 20.9. The Morgan fingerprint density at radius 3 is 2.50 bits per heavy atom. The third-order valence-electron chi connectivity index (χ3n) is 6.34. The van der Waals surface area contributed by atoms with Crippen molar-refractivity contribution in [3.05, 3.63) is 101 Å². The maximum atomic E-state index is 13.1. The standard InChI is InChI=1S/C28H25FO2S/c29-24-14-11-20(12-15-24)6-5-17-32(30,31)19-23-18-22-8-2-3-9-25(22)27-16-13-21-7-1-4-10-26(21)28(23)27/h2-3,5-6,8-9,11-16,18H,1,4,7,10,17,19H2. The summed E-state index contributed by atoms with van der Waals surface area (Å²) in [4.78, 5) is 0. The Bertz CT molecular complexity index is 1430. The van der Waals surface area contributed by atoms with E-state index in [4.69, 9.17) is 0 Å². The molecule has 0 N–H and O–H groups in total. The van der Waals surface area contributed by atoms with Gasteiger partial charge in [-0.25, -0.2) is 12.8 Å². The number of rotatable bonds is 5. The Morgan fingerprint density at radius 2 is 1.66 bits per heavy atom. The van der Waals surface area contributed by atoms with Crippen LogP contribution in [0.4, 0.5) is 4.39 Å². The molecule has 0 fully saturated rings. The molecule has 0 heterocycles. The van der Waals surface area contributed by atoms with E-state index in [0.29, 0.717) is 0 Å². The first-order chi connectivity index (χ1) is 15.5. The van der Waals surface area contributed by atoms with Gasteiger partial charge in [0.25, 0.3) is 0 Å². The molecule has 0 amide bonds. The maximum Gasteiger partial charge on any atom is 0.158 e. The summed E-state index contributed by atoms with van der Waals surface area (Å²) in [6.07, 6.45) is 7.78. The predicted octanol–water partition coefficient (Wildman–Crippen LogP) is 6.64. The molecule has 162 valence electrons. The van der Waals surface area contributed by atoms with Crippen molar-refractivity contribution in [1.82, 2.24) is 0 Å². The number of sulfone groups is 1. The van der Waals surface area contributed by atoms with Crippen LogP contribution in [0.25, 0.3) is 27.6 Å². The van der Waals surface area contributed by atoms with E-state index in [-0.39, 0.29) is 17.3 Å². The van der Waals surface area contributed by atoms with Crippen LogP contribution in [0.2, 0.25) is 0 Å². The molecule has 2 nitrogen and oxygen atoms in total. The van der Waals surface area contributed by atoms with Gasteiger partial charge in [-0.05, 0) is 87.7 Å². The van der Waals surface area contributed by atoms with Crippen molar-refractivity contribution >= 4 is 37.5 Å². The number of fused-ring (bicyclic) bond motifs is 5. The summed E-state index contributed by atoms with van der Waals surface area (Å²) in [6.45, 7) is 0. The quantitative estimate of drug-likeness (QED) is 0.323. The van der Waals surface area contributed by atoms with E-state index in [0.717, 1.165) is 46.5 Å². The Kier molecular flexibility index (Phi) is 5.56. The largest absolute Gasteiger partial charge is 0.228 e. The first-order valence-electron chi connectivity index (χ1n) is 11.1. The lowest BCUT2D eigenvalue weighted by Gasteiger charge is -2.21. The summed E-state index contributed by atoms with van der Waals surface area (Å²) in [5, 5.41) is 4.53. The third kappa shape index (κ3) is 4.20. The molecule has 1 aliphatic carbocycles. The molecule has 0 aliphatic heterocycles. The normalized spacial score (nSPS) is 14.3. The Morgan fingerprint density at radius 1 is 0.875 bits per heavy atom. The summed E-state index contributed by atoms with van der Waals surface area (Å²) in [5.74, 6) is -0.340. The summed E-state index contributed by atoms with van der Waals surface area (Å²) >= 11 is 0. The molecule has 4 heteroatoms. The van der Waals surface area contributed by atoms with Crippen molar-refractivity contribution in [2.75, 3.05) is 5.75 Å². The average Bonchev–Trinajstić information content (AvgIpc) is 2.79. The zero-order valence-electron chi connectivity index (χ0n) is 17.9. The van der Waals surface area contributed by atoms with Gasteiger partial charge in [-0.3, -0.25) is 0 Å². The van der Waals surface area contributed by atoms with Crippen molar-refractivity contribution < 1.29 is 12.8 Å². The topological polar surface area (TPSA) is 34.1 Å². The molecular formula is C28H25FO2S. The van der Waals surface area contributed by atoms with Gasteiger partial charge in [0.15, 0.2) is 9.84 Å². The lowest BCUT2D eigenvalue weighted by Crippen LogP contribution is -2.10. The average molecular weight is 445 g/mol. The minimum Gasteiger partial charge on any atom is -0.228 e. The number of hydrogen-bond donors (Lipinski definition) is 0. The smallest absolute Gasteiger partial charge is 0.158 e. The fourth-order valence-corrected chi connectivity index (χ4v) is 6.07. The number of aryl methyl sites for hydroxylation is 2. The fraction of sp³-hybridized carbons (Fsp3) is 0.214. The van der Waals surface area contributed by atoms with Crippen molar-refractivity contribution in [2.45, 2.75) is 31.4 Å². The summed E-state index contributed by atoms with van der Waals surface area (Å²) in [7, 11) is -3.36. The van der Waals surface area contributed by atoms with Gasteiger partial charge in [0, 0.05) is 0 Å². The van der Waals surface area contributed by atoms with E-state index in [1.54, 1.807) is 24.3 Å². The molecular weight excluding hydrogens is 419 g/mol. The van der Waals surface area contributed by atoms with Crippen LogP contribution in [0, 0.1) is 5.82 Å². The van der Waals surface area contributed by atoms with E-state index in [1.165, 1.54) is 35.1 Å². The lowest BCUT2D eigenvalue weighted by molar-refractivity contribution is 0.598. The molecule has 1 aliphatic rings. The van der Waals surface area contributed by atoms with Crippen LogP contribution in [0.5, 0.6) is 0 Å². The molecule has 0 aromatic heterocycles. The van der Waals surface area contributed by atoms with Crippen LogP contribution < -0.4 is 0 Å². The van der Waals surface area contributed by atoms with E-state index in [1.807, 2.05) is 12.1 Å². The Hall–Kier alpha value is -2.98. The van der Waals surface area contributed by atoms with Gasteiger partial charge in [0.2, 0.25) is 0 Å². The zero-order chi connectivity index (χ0) is 22.1. The molecule has 0 spiro atoms. The van der Waals surface area contributed by atoms with Gasteiger partial charge in [-0.2, -0.15) is 0 Å². The minimum absolute atomic E-state index is 0.0124. The highest BCUT2D eigenvalue weighted by Gasteiger charge is 2.20. The number of hydrogen-bond acceptors (Lipinski definition) is 2. The molecule has 0 bridgehead atoms. The van der Waals surface area contributed by atoms with Gasteiger partial charge in [-0.1, -0.05) is 60.7 Å². The lowest BCUT2D eigenvalue weighted by atomic mass is 9.85. The maximum absolute atomic E-state index is 13.1. The highest BCUT2D eigenvalue weighted by atomic mass is 32.2. The predicted molar refractivity (Wildman–Crippen MR) is 131 cm³/mol. The van der Waals surface area contributed by atoms with Gasteiger partial charge in [-0.15, -0.1) is 0 Å². The van der Waals surface area contributed by atoms with Crippen LogP contribution in [0.3, 0.4) is 0 Å². The Balaban J connectivity index is 1.54. The fourth-order valence-electron chi connectivity index (χ4n) is 4.86. The number of benzene rings is 4. The molecule has 4 aromatic rings. The second-order valence-electron chi connectivity index (χ2n) is 8.60. The van der Waals surface area contributed by atoms with Crippen LogP contribution in [0.1, 0.15) is 35.1 Å². The zero-order valence-corrected chi connectivity index (χ0v) is 18.7. The van der Waals surface area contributed by atoms with Crippen molar-refractivity contribution in [3.63, 3.8) is 0 Å². The van der Waals surface area contributed by atoms with Crippen LogP contribution >= 0.6 is 0 Å². The Labute approximate surface area is 188 Å². The van der Waals surface area contributed by atoms with Gasteiger partial charge < -0.3 is 0 Å². The van der Waals surface area contributed by atoms with E-state index < -0.39 is 9.84 Å². The molecule has 0 saturated heterocycles. The monoisotopic (exact) mass is 444 g/mol. The summed E-state index contributed by atoms with van der Waals surface area (Å²) in [6, 6.07) is 20.7. The van der Waals surface area contributed by atoms with Crippen LogP contribution in [-0.2, 0) is 28.4 Å². The summed E-state index contributed by atoms with van der Waals surface area (Å²) < 4.78 is 39.2.